The lowest BCUT2D eigenvalue weighted by atomic mass is 10.2. The molecule has 17 heavy (non-hydrogen) atoms. The number of nitrogens with zero attached hydrogens (tertiary/aromatic N) is 2. The first-order valence-electron chi connectivity index (χ1n) is 5.45. The van der Waals surface area contributed by atoms with Crippen LogP contribution in [-0.4, -0.2) is 22.8 Å². The predicted molar refractivity (Wildman–Crippen MR) is 65.4 cm³/mol. The largest absolute Gasteiger partial charge is 0.441 e. The molecule has 0 radical (unpaired) electrons. The van der Waals surface area contributed by atoms with Crippen LogP contribution in [0.4, 0.5) is 5.69 Å². The van der Waals surface area contributed by atoms with E-state index in [1.165, 1.54) is 0 Å². The summed E-state index contributed by atoms with van der Waals surface area (Å²) in [4.78, 5) is 17.6. The van der Waals surface area contributed by atoms with E-state index in [4.69, 9.17) is 16.0 Å². The molecule has 1 fully saturated rings. The van der Waals surface area contributed by atoms with E-state index in [0.29, 0.717) is 24.4 Å². The summed E-state index contributed by atoms with van der Waals surface area (Å²) in [7, 11) is 0. The van der Waals surface area contributed by atoms with Crippen LogP contribution in [0.25, 0.3) is 11.1 Å². The Morgan fingerprint density at radius 2 is 2.35 bits per heavy atom. The third-order valence-electron chi connectivity index (χ3n) is 2.87. The minimum Gasteiger partial charge on any atom is -0.441 e. The molecule has 1 atom stereocenters. The van der Waals surface area contributed by atoms with Gasteiger partial charge in [0.2, 0.25) is 5.91 Å². The van der Waals surface area contributed by atoms with Gasteiger partial charge in [-0.2, -0.15) is 0 Å². The van der Waals surface area contributed by atoms with Gasteiger partial charge in [-0.25, -0.2) is 4.98 Å². The fourth-order valence-corrected chi connectivity index (χ4v) is 2.38. The van der Waals surface area contributed by atoms with Crippen LogP contribution in [-0.2, 0) is 4.79 Å². The van der Waals surface area contributed by atoms with Gasteiger partial charge in [-0.15, -0.1) is 11.6 Å². The lowest BCUT2D eigenvalue weighted by molar-refractivity contribution is -0.117. The second-order valence-electron chi connectivity index (χ2n) is 4.19. The highest BCUT2D eigenvalue weighted by atomic mass is 35.5. The lowest BCUT2D eigenvalue weighted by Crippen LogP contribution is -2.24. The highest BCUT2D eigenvalue weighted by Gasteiger charge is 2.29. The molecule has 1 amide bonds. The average molecular weight is 251 g/mol. The van der Waals surface area contributed by atoms with E-state index >= 15 is 0 Å². The second-order valence-corrected chi connectivity index (χ2v) is 4.81. The Morgan fingerprint density at radius 3 is 3.06 bits per heavy atom. The first-order valence-corrected chi connectivity index (χ1v) is 5.89. The van der Waals surface area contributed by atoms with E-state index in [-0.39, 0.29) is 11.3 Å². The van der Waals surface area contributed by atoms with Crippen LogP contribution in [0.5, 0.6) is 0 Å². The smallest absolute Gasteiger partial charge is 0.228 e. The number of rotatable bonds is 1. The number of aryl methyl sites for hydroxylation is 1. The molecule has 2 aromatic rings. The molecule has 3 rings (SSSR count). The summed E-state index contributed by atoms with van der Waals surface area (Å²) in [6.45, 7) is 2.36. The summed E-state index contributed by atoms with van der Waals surface area (Å²) in [6, 6.07) is 5.56. The molecule has 0 N–H and O–H groups in total. The standard InChI is InChI=1S/C12H11ClN2O2/c1-7-14-10-3-2-9(5-11(10)17-7)15-6-8(13)4-12(15)16/h2-3,5,8H,4,6H2,1H3. The van der Waals surface area contributed by atoms with Crippen LogP contribution in [0.3, 0.4) is 0 Å². The topological polar surface area (TPSA) is 46.3 Å². The second kappa shape index (κ2) is 3.74. The number of carbonyl (C=O) groups is 1. The van der Waals surface area contributed by atoms with Crippen molar-refractivity contribution in [2.24, 2.45) is 0 Å². The third kappa shape index (κ3) is 1.78. The van der Waals surface area contributed by atoms with Crippen LogP contribution in [0.1, 0.15) is 12.3 Å². The fraction of sp³-hybridized carbons (Fsp3) is 0.333. The number of hydrogen-bond acceptors (Lipinski definition) is 3. The molecule has 0 saturated carbocycles. The zero-order valence-corrected chi connectivity index (χ0v) is 10.1. The lowest BCUT2D eigenvalue weighted by Gasteiger charge is -2.15. The van der Waals surface area contributed by atoms with Gasteiger partial charge in [0.05, 0.1) is 5.38 Å². The Morgan fingerprint density at radius 1 is 1.53 bits per heavy atom. The molecule has 5 heteroatoms. The molecule has 1 aromatic heterocycles. The Bertz CT molecular complexity index is 593. The summed E-state index contributed by atoms with van der Waals surface area (Å²) >= 11 is 5.98. The number of benzene rings is 1. The number of fused-ring (bicyclic) bond motifs is 1. The number of halogens is 1. The monoisotopic (exact) mass is 250 g/mol. The molecule has 2 heterocycles. The predicted octanol–water partition coefficient (Wildman–Crippen LogP) is 2.48. The quantitative estimate of drug-likeness (QED) is 0.731. The maximum atomic E-state index is 11.7. The Hall–Kier alpha value is -1.55. The Labute approximate surface area is 103 Å². The van der Waals surface area contributed by atoms with Gasteiger partial charge in [0.25, 0.3) is 0 Å². The van der Waals surface area contributed by atoms with E-state index in [0.717, 1.165) is 11.2 Å². The van der Waals surface area contributed by atoms with Crippen LogP contribution in [0.2, 0.25) is 0 Å². The van der Waals surface area contributed by atoms with Gasteiger partial charge >= 0.3 is 0 Å². The van der Waals surface area contributed by atoms with Crippen LogP contribution in [0.15, 0.2) is 22.6 Å². The van der Waals surface area contributed by atoms with Crippen molar-refractivity contribution in [2.75, 3.05) is 11.4 Å². The van der Waals surface area contributed by atoms with Crippen molar-refractivity contribution in [1.29, 1.82) is 0 Å². The normalized spacial score (nSPS) is 20.5. The maximum Gasteiger partial charge on any atom is 0.228 e. The summed E-state index contributed by atoms with van der Waals surface area (Å²) in [5, 5.41) is -0.102. The van der Waals surface area contributed by atoms with E-state index in [1.807, 2.05) is 18.2 Å². The Kier molecular flexibility index (Phi) is 2.33. The number of aromatic nitrogens is 1. The van der Waals surface area contributed by atoms with Gasteiger partial charge in [-0.3, -0.25) is 4.79 Å². The highest BCUT2D eigenvalue weighted by molar-refractivity contribution is 6.24. The van der Waals surface area contributed by atoms with Crippen molar-refractivity contribution in [2.45, 2.75) is 18.7 Å². The molecule has 1 aliphatic heterocycles. The zero-order valence-electron chi connectivity index (χ0n) is 9.31. The molecule has 0 bridgehead atoms. The van der Waals surface area contributed by atoms with E-state index in [2.05, 4.69) is 4.98 Å². The number of alkyl halides is 1. The summed E-state index contributed by atoms with van der Waals surface area (Å²) in [5.74, 6) is 0.681. The number of hydrogen-bond donors (Lipinski definition) is 0. The molecular weight excluding hydrogens is 240 g/mol. The minimum atomic E-state index is -0.102. The summed E-state index contributed by atoms with van der Waals surface area (Å²) < 4.78 is 5.45. The van der Waals surface area contributed by atoms with Crippen molar-refractivity contribution in [3.8, 4) is 0 Å². The molecular formula is C12H11ClN2O2. The van der Waals surface area contributed by atoms with Crippen LogP contribution in [0, 0.1) is 6.92 Å². The molecule has 4 nitrogen and oxygen atoms in total. The van der Waals surface area contributed by atoms with Gasteiger partial charge < -0.3 is 9.32 Å². The average Bonchev–Trinajstić information content (AvgIpc) is 2.78. The molecule has 0 aliphatic carbocycles. The van der Waals surface area contributed by atoms with Crippen LogP contribution >= 0.6 is 11.6 Å². The SMILES string of the molecule is Cc1nc2ccc(N3CC(Cl)CC3=O)cc2o1. The molecule has 1 aliphatic rings. The van der Waals surface area contributed by atoms with Crippen molar-refractivity contribution in [1.82, 2.24) is 4.98 Å². The molecule has 1 aromatic carbocycles. The summed E-state index contributed by atoms with van der Waals surface area (Å²) in [5.41, 5.74) is 2.33. The van der Waals surface area contributed by atoms with Gasteiger partial charge in [0, 0.05) is 31.6 Å². The molecule has 1 unspecified atom stereocenters. The van der Waals surface area contributed by atoms with E-state index < -0.39 is 0 Å². The summed E-state index contributed by atoms with van der Waals surface area (Å²) in [6.07, 6.45) is 0.398. The molecule has 0 spiro atoms. The van der Waals surface area contributed by atoms with Crippen molar-refractivity contribution in [3.05, 3.63) is 24.1 Å². The number of amides is 1. The maximum absolute atomic E-state index is 11.7. The first kappa shape index (κ1) is 10.6. The van der Waals surface area contributed by atoms with Gasteiger partial charge in [0.1, 0.15) is 5.52 Å². The highest BCUT2D eigenvalue weighted by Crippen LogP contribution is 2.27. The third-order valence-corrected chi connectivity index (χ3v) is 3.16. The van der Waals surface area contributed by atoms with Crippen molar-refractivity contribution in [3.63, 3.8) is 0 Å². The zero-order chi connectivity index (χ0) is 12.0. The van der Waals surface area contributed by atoms with Crippen molar-refractivity contribution >= 4 is 34.3 Å². The Balaban J connectivity index is 2.03. The number of oxazole rings is 1. The number of carbonyl (C=O) groups excluding carboxylic acids is 1. The molecule has 88 valence electrons. The van der Waals surface area contributed by atoms with Gasteiger partial charge in [-0.05, 0) is 12.1 Å². The fourth-order valence-electron chi connectivity index (χ4n) is 2.11. The van der Waals surface area contributed by atoms with E-state index in [1.54, 1.807) is 11.8 Å². The van der Waals surface area contributed by atoms with Crippen LogP contribution < -0.4 is 4.90 Å². The number of anilines is 1. The molecule has 1 saturated heterocycles. The van der Waals surface area contributed by atoms with Crippen molar-refractivity contribution < 1.29 is 9.21 Å². The first-order chi connectivity index (χ1) is 8.13. The van der Waals surface area contributed by atoms with Gasteiger partial charge in [0.15, 0.2) is 11.5 Å². The minimum absolute atomic E-state index is 0.0561. The van der Waals surface area contributed by atoms with Gasteiger partial charge in [-0.1, -0.05) is 0 Å². The van der Waals surface area contributed by atoms with E-state index in [9.17, 15) is 4.79 Å².